The molecule has 2 aliphatic rings. The number of nitrogens with zero attached hydrogens (tertiary/aromatic N) is 2. The van der Waals surface area contributed by atoms with Crippen LogP contribution >= 0.6 is 18.9 Å². The van der Waals surface area contributed by atoms with Crippen LogP contribution in [0.4, 0.5) is 5.69 Å². The molecule has 9 nitrogen and oxygen atoms in total. The van der Waals surface area contributed by atoms with Gasteiger partial charge in [0, 0.05) is 29.9 Å². The third-order valence-electron chi connectivity index (χ3n) is 7.37. The molecular formula is C30H42N3O6PS2. The molecule has 1 amide bonds. The van der Waals surface area contributed by atoms with Gasteiger partial charge in [-0.2, -0.15) is 4.76 Å². The Kier molecular flexibility index (Phi) is 10.1. The molecule has 2 unspecified atom stereocenters. The molecule has 0 saturated heterocycles. The topological polar surface area (TPSA) is 125 Å². The summed E-state index contributed by atoms with van der Waals surface area (Å²) < 4.78 is 47.2. The third kappa shape index (κ3) is 7.92. The zero-order valence-electron chi connectivity index (χ0n) is 25.1. The smallest absolute Gasteiger partial charge is 0.348 e. The summed E-state index contributed by atoms with van der Waals surface area (Å²) in [6.45, 7) is 8.70. The van der Waals surface area contributed by atoms with Crippen LogP contribution in [0.5, 0.6) is 0 Å². The Hall–Kier alpha value is -2.46. The molecule has 4 rings (SSSR count). The summed E-state index contributed by atoms with van der Waals surface area (Å²) in [5, 5.41) is 17.1. The van der Waals surface area contributed by atoms with Crippen LogP contribution in [0, 0.1) is 5.41 Å². The number of carbonyl (C=O) groups excluding carboxylic acids is 1. The molecule has 1 aromatic carbocycles. The summed E-state index contributed by atoms with van der Waals surface area (Å²) in [6, 6.07) is 8.93. The lowest BCUT2D eigenvalue weighted by Gasteiger charge is -2.29. The minimum Gasteiger partial charge on any atom is -0.509 e. The highest BCUT2D eigenvalue weighted by Gasteiger charge is 2.45. The zero-order valence-corrected chi connectivity index (χ0v) is 27.6. The van der Waals surface area contributed by atoms with E-state index in [1.807, 2.05) is 29.6 Å². The predicted molar refractivity (Wildman–Crippen MR) is 171 cm³/mol. The van der Waals surface area contributed by atoms with Crippen molar-refractivity contribution >= 4 is 51.4 Å². The number of amidine groups is 1. The van der Waals surface area contributed by atoms with Crippen molar-refractivity contribution in [2.45, 2.75) is 72.3 Å². The quantitative estimate of drug-likeness (QED) is 0.208. The standard InChI is InChI=1S/C30H42N3O6PS2/c1-6-39-40(36)25-19-21(11-8-7-9-18-42(5,37)38)13-14-23(25)31-28(32-40)26-27(34)24(20-22-12-10-17-41-22)33(29(26)35)16-15-30(2,3)4/h10,12-14,17,19,24,34H,6-9,11,15-16,18,20H2,1-5H3,(H,31,32,36). The van der Waals surface area contributed by atoms with Crippen LogP contribution in [0.25, 0.3) is 0 Å². The summed E-state index contributed by atoms with van der Waals surface area (Å²) in [7, 11) is -6.74. The monoisotopic (exact) mass is 635 g/mol. The molecule has 2 aliphatic heterocycles. The van der Waals surface area contributed by atoms with Gasteiger partial charge in [0.2, 0.25) is 0 Å². The largest absolute Gasteiger partial charge is 0.509 e. The molecule has 12 heteroatoms. The van der Waals surface area contributed by atoms with Gasteiger partial charge >= 0.3 is 7.52 Å². The SMILES string of the molecule is CCOP1(=O)N=C(C2=C(O)C(Cc3cccs3)N(CCC(C)(C)C)C2=O)Nc2ccc(CCCCCS(C)(=O)=O)cc21. The Labute approximate surface area is 253 Å². The van der Waals surface area contributed by atoms with Gasteiger partial charge in [0.1, 0.15) is 21.2 Å². The van der Waals surface area contributed by atoms with Crippen molar-refractivity contribution in [2.75, 3.05) is 30.5 Å². The van der Waals surface area contributed by atoms with E-state index in [1.54, 1.807) is 29.2 Å². The minimum atomic E-state index is -3.76. The average molecular weight is 636 g/mol. The van der Waals surface area contributed by atoms with Gasteiger partial charge in [-0.1, -0.05) is 39.3 Å². The van der Waals surface area contributed by atoms with E-state index >= 15 is 0 Å². The Balaban J connectivity index is 1.62. The first kappa shape index (κ1) is 32.5. The second-order valence-electron chi connectivity index (χ2n) is 12.2. The van der Waals surface area contributed by atoms with Gasteiger partial charge in [-0.3, -0.25) is 9.36 Å². The number of amides is 1. The summed E-state index contributed by atoms with van der Waals surface area (Å²) in [6.07, 6.45) is 5.31. The lowest BCUT2D eigenvalue weighted by Crippen LogP contribution is -2.40. The van der Waals surface area contributed by atoms with Crippen LogP contribution in [0.15, 0.2) is 51.8 Å². The maximum atomic E-state index is 14.2. The molecule has 2 aromatic rings. The molecule has 42 heavy (non-hydrogen) atoms. The lowest BCUT2D eigenvalue weighted by molar-refractivity contribution is -0.127. The minimum absolute atomic E-state index is 0.0121. The average Bonchev–Trinajstić information content (AvgIpc) is 3.48. The zero-order chi connectivity index (χ0) is 30.7. The van der Waals surface area contributed by atoms with Gasteiger partial charge in [-0.15, -0.1) is 11.3 Å². The maximum absolute atomic E-state index is 14.2. The van der Waals surface area contributed by atoms with Gasteiger partial charge < -0.3 is 19.8 Å². The summed E-state index contributed by atoms with van der Waals surface area (Å²) in [4.78, 5) is 16.6. The Morgan fingerprint density at radius 3 is 2.60 bits per heavy atom. The Bertz CT molecular complexity index is 1510. The number of hydrogen-bond acceptors (Lipinski definition) is 8. The van der Waals surface area contributed by atoms with Crippen LogP contribution in [-0.4, -0.2) is 61.4 Å². The Morgan fingerprint density at radius 2 is 1.95 bits per heavy atom. The molecule has 0 radical (unpaired) electrons. The lowest BCUT2D eigenvalue weighted by atomic mass is 9.92. The van der Waals surface area contributed by atoms with Crippen LogP contribution in [0.3, 0.4) is 0 Å². The van der Waals surface area contributed by atoms with Crippen LogP contribution in [0.2, 0.25) is 0 Å². The van der Waals surface area contributed by atoms with E-state index in [9.17, 15) is 22.9 Å². The third-order valence-corrected chi connectivity index (χ3v) is 11.4. The van der Waals surface area contributed by atoms with Gasteiger partial charge in [0.05, 0.1) is 23.6 Å². The number of rotatable bonds is 13. The number of aryl methyl sites for hydroxylation is 1. The summed E-state index contributed by atoms with van der Waals surface area (Å²) >= 11 is 1.57. The van der Waals surface area contributed by atoms with Crippen LogP contribution in [-0.2, 0) is 36.6 Å². The molecule has 0 aliphatic carbocycles. The van der Waals surface area contributed by atoms with Crippen molar-refractivity contribution in [3.8, 4) is 0 Å². The fraction of sp³-hybridized carbons (Fsp3) is 0.533. The molecule has 0 saturated carbocycles. The van der Waals surface area contributed by atoms with E-state index in [4.69, 9.17) is 4.52 Å². The van der Waals surface area contributed by atoms with Crippen molar-refractivity contribution in [2.24, 2.45) is 10.2 Å². The molecule has 1 aromatic heterocycles. The molecule has 2 atom stereocenters. The number of unbranched alkanes of at least 4 members (excludes halogenated alkanes) is 2. The van der Waals surface area contributed by atoms with Crippen molar-refractivity contribution in [3.05, 3.63) is 57.5 Å². The number of hydrogen-bond donors (Lipinski definition) is 2. The van der Waals surface area contributed by atoms with Crippen LogP contribution < -0.4 is 10.6 Å². The van der Waals surface area contributed by atoms with Gasteiger partial charge in [-0.05, 0) is 67.2 Å². The number of nitrogens with one attached hydrogen (secondary N) is 1. The fourth-order valence-electron chi connectivity index (χ4n) is 5.14. The van der Waals surface area contributed by atoms with Gasteiger partial charge in [0.25, 0.3) is 5.91 Å². The molecule has 230 valence electrons. The van der Waals surface area contributed by atoms with Crippen LogP contribution in [0.1, 0.15) is 63.8 Å². The van der Waals surface area contributed by atoms with Gasteiger partial charge in [0.15, 0.2) is 5.84 Å². The second kappa shape index (κ2) is 13.0. The molecule has 0 fully saturated rings. The molecular weight excluding hydrogens is 593 g/mol. The molecule has 0 spiro atoms. The second-order valence-corrected chi connectivity index (χ2v) is 17.4. The highest BCUT2D eigenvalue weighted by atomic mass is 32.2. The summed E-state index contributed by atoms with van der Waals surface area (Å²) in [5.74, 6) is -0.196. The first-order valence-electron chi connectivity index (χ1n) is 14.4. The van der Waals surface area contributed by atoms with Crippen molar-refractivity contribution in [3.63, 3.8) is 0 Å². The Morgan fingerprint density at radius 1 is 1.19 bits per heavy atom. The highest BCUT2D eigenvalue weighted by Crippen LogP contribution is 2.52. The summed E-state index contributed by atoms with van der Waals surface area (Å²) in [5.41, 5.74) is 1.48. The van der Waals surface area contributed by atoms with E-state index in [0.29, 0.717) is 36.8 Å². The fourth-order valence-corrected chi connectivity index (χ4v) is 8.44. The number of carbonyl (C=O) groups is 1. The maximum Gasteiger partial charge on any atom is 0.348 e. The normalized spacial score (nSPS) is 21.0. The van der Waals surface area contributed by atoms with Crippen molar-refractivity contribution < 1.29 is 27.4 Å². The van der Waals surface area contributed by atoms with Crippen molar-refractivity contribution in [1.82, 2.24) is 4.90 Å². The van der Waals surface area contributed by atoms with E-state index in [0.717, 1.165) is 29.7 Å². The number of anilines is 1. The number of fused-ring (bicyclic) bond motifs is 1. The highest BCUT2D eigenvalue weighted by molar-refractivity contribution is 7.90. The van der Waals surface area contributed by atoms with Gasteiger partial charge in [-0.25, -0.2) is 8.42 Å². The van der Waals surface area contributed by atoms with E-state index in [2.05, 4.69) is 30.9 Å². The number of sulfone groups is 1. The predicted octanol–water partition coefficient (Wildman–Crippen LogP) is 5.89. The number of thiophene rings is 1. The van der Waals surface area contributed by atoms with Crippen molar-refractivity contribution in [1.29, 1.82) is 0 Å². The van der Waals surface area contributed by atoms with E-state index in [1.165, 1.54) is 6.26 Å². The number of benzene rings is 1. The number of aliphatic hydroxyl groups excluding tert-OH is 1. The molecule has 0 bridgehead atoms. The van der Waals surface area contributed by atoms with E-state index < -0.39 is 23.4 Å². The molecule has 2 N–H and O–H groups in total. The van der Waals surface area contributed by atoms with E-state index in [-0.39, 0.29) is 40.8 Å². The first-order chi connectivity index (χ1) is 19.7. The first-order valence-corrected chi connectivity index (χ1v) is 18.9. The number of aliphatic hydroxyl groups is 1. The molecule has 3 heterocycles.